The second kappa shape index (κ2) is 12.5. The first-order valence-electron chi connectivity index (χ1n) is 10.3. The van der Waals surface area contributed by atoms with Gasteiger partial charge in [-0.3, -0.25) is 9.79 Å². The summed E-state index contributed by atoms with van der Waals surface area (Å²) in [6.45, 7) is 11.7. The van der Waals surface area contributed by atoms with Gasteiger partial charge in [0, 0.05) is 36.8 Å². The van der Waals surface area contributed by atoms with Gasteiger partial charge in [0.15, 0.2) is 5.96 Å². The van der Waals surface area contributed by atoms with E-state index in [9.17, 15) is 4.79 Å². The standard InChI is InChI=1S/C24H34N4O2.HI/c1-7-30-21-13-17(2)11-12-20(21)16-27-23(25-6)26-15-18-9-8-10-19(14-18)22(29)28-24(3,4)5;/h8-14H,7,15-16H2,1-6H3,(H,28,29)(H2,25,26,27);1H. The van der Waals surface area contributed by atoms with Crippen LogP contribution in [0.5, 0.6) is 5.75 Å². The number of guanidine groups is 1. The predicted molar refractivity (Wildman–Crippen MR) is 138 cm³/mol. The second-order valence-electron chi connectivity index (χ2n) is 8.23. The highest BCUT2D eigenvalue weighted by molar-refractivity contribution is 14.0. The van der Waals surface area contributed by atoms with Crippen molar-refractivity contribution in [3.63, 3.8) is 0 Å². The van der Waals surface area contributed by atoms with Gasteiger partial charge in [-0.2, -0.15) is 0 Å². The zero-order chi connectivity index (χ0) is 22.1. The van der Waals surface area contributed by atoms with Gasteiger partial charge in [0.05, 0.1) is 6.61 Å². The van der Waals surface area contributed by atoms with E-state index >= 15 is 0 Å². The third kappa shape index (κ3) is 9.16. The number of hydrogen-bond acceptors (Lipinski definition) is 3. The molecule has 31 heavy (non-hydrogen) atoms. The van der Waals surface area contributed by atoms with Crippen LogP contribution in [0.1, 0.15) is 54.7 Å². The van der Waals surface area contributed by atoms with Crippen LogP contribution in [0.15, 0.2) is 47.5 Å². The maximum Gasteiger partial charge on any atom is 0.251 e. The van der Waals surface area contributed by atoms with E-state index in [0.717, 1.165) is 16.9 Å². The van der Waals surface area contributed by atoms with E-state index in [1.807, 2.05) is 58.0 Å². The Morgan fingerprint density at radius 2 is 1.77 bits per heavy atom. The van der Waals surface area contributed by atoms with Crippen LogP contribution in [0, 0.1) is 6.92 Å². The first-order chi connectivity index (χ1) is 14.2. The number of nitrogens with zero attached hydrogens (tertiary/aromatic N) is 1. The molecule has 0 unspecified atom stereocenters. The predicted octanol–water partition coefficient (Wildman–Crippen LogP) is 4.41. The quantitative estimate of drug-likeness (QED) is 0.278. The molecule has 0 saturated heterocycles. The van der Waals surface area contributed by atoms with Gasteiger partial charge in [0.2, 0.25) is 0 Å². The van der Waals surface area contributed by atoms with Crippen LogP contribution in [0.2, 0.25) is 0 Å². The summed E-state index contributed by atoms with van der Waals surface area (Å²) >= 11 is 0. The van der Waals surface area contributed by atoms with E-state index in [1.54, 1.807) is 7.05 Å². The zero-order valence-corrected chi connectivity index (χ0v) is 21.7. The molecule has 0 bridgehead atoms. The Bertz CT molecular complexity index is 891. The zero-order valence-electron chi connectivity index (χ0n) is 19.3. The lowest BCUT2D eigenvalue weighted by molar-refractivity contribution is 0.0919. The van der Waals surface area contributed by atoms with Crippen molar-refractivity contribution in [1.82, 2.24) is 16.0 Å². The number of hydrogen-bond donors (Lipinski definition) is 3. The molecule has 0 saturated carbocycles. The minimum Gasteiger partial charge on any atom is -0.494 e. The number of amides is 1. The largest absolute Gasteiger partial charge is 0.494 e. The molecule has 0 radical (unpaired) electrons. The van der Waals surface area contributed by atoms with Gasteiger partial charge in [0.1, 0.15) is 5.75 Å². The molecule has 0 heterocycles. The Labute approximate surface area is 203 Å². The summed E-state index contributed by atoms with van der Waals surface area (Å²) < 4.78 is 5.74. The van der Waals surface area contributed by atoms with Crippen molar-refractivity contribution in [3.8, 4) is 5.75 Å². The molecule has 0 aliphatic heterocycles. The Balaban J connectivity index is 0.00000480. The van der Waals surface area contributed by atoms with Gasteiger partial charge in [-0.25, -0.2) is 0 Å². The van der Waals surface area contributed by atoms with Gasteiger partial charge in [-0.05, 0) is 63.9 Å². The molecular formula is C24H35IN4O2. The normalized spacial score (nSPS) is 11.4. The third-order valence-corrected chi connectivity index (χ3v) is 4.33. The van der Waals surface area contributed by atoms with E-state index in [1.165, 1.54) is 5.56 Å². The number of benzene rings is 2. The fraction of sp³-hybridized carbons (Fsp3) is 0.417. The van der Waals surface area contributed by atoms with Crippen molar-refractivity contribution in [2.75, 3.05) is 13.7 Å². The smallest absolute Gasteiger partial charge is 0.251 e. The summed E-state index contributed by atoms with van der Waals surface area (Å²) in [6.07, 6.45) is 0. The monoisotopic (exact) mass is 538 g/mol. The average Bonchev–Trinajstić information content (AvgIpc) is 2.68. The van der Waals surface area contributed by atoms with E-state index in [-0.39, 0.29) is 35.4 Å². The van der Waals surface area contributed by atoms with Gasteiger partial charge in [-0.1, -0.05) is 24.3 Å². The maximum absolute atomic E-state index is 12.4. The summed E-state index contributed by atoms with van der Waals surface area (Å²) in [5.41, 5.74) is 3.62. The fourth-order valence-corrected chi connectivity index (χ4v) is 2.92. The Hall–Kier alpha value is -2.29. The topological polar surface area (TPSA) is 74.8 Å². The minimum absolute atomic E-state index is 0. The summed E-state index contributed by atoms with van der Waals surface area (Å²) in [4.78, 5) is 16.7. The van der Waals surface area contributed by atoms with Crippen LogP contribution in [-0.2, 0) is 13.1 Å². The molecule has 7 heteroatoms. The van der Waals surface area contributed by atoms with Crippen molar-refractivity contribution in [3.05, 3.63) is 64.7 Å². The summed E-state index contributed by atoms with van der Waals surface area (Å²) in [6, 6.07) is 13.8. The molecule has 2 aromatic carbocycles. The molecule has 0 atom stereocenters. The van der Waals surface area contributed by atoms with Gasteiger partial charge >= 0.3 is 0 Å². The van der Waals surface area contributed by atoms with E-state index in [4.69, 9.17) is 4.74 Å². The average molecular weight is 538 g/mol. The van der Waals surface area contributed by atoms with Crippen LogP contribution in [0.25, 0.3) is 0 Å². The van der Waals surface area contributed by atoms with Crippen molar-refractivity contribution >= 4 is 35.8 Å². The lowest BCUT2D eigenvalue weighted by Gasteiger charge is -2.20. The van der Waals surface area contributed by atoms with Crippen LogP contribution in [0.3, 0.4) is 0 Å². The van der Waals surface area contributed by atoms with E-state index in [0.29, 0.717) is 31.2 Å². The minimum atomic E-state index is -0.270. The van der Waals surface area contributed by atoms with Gasteiger partial charge in [0.25, 0.3) is 5.91 Å². The lowest BCUT2D eigenvalue weighted by Crippen LogP contribution is -2.40. The molecule has 170 valence electrons. The molecule has 0 aliphatic carbocycles. The van der Waals surface area contributed by atoms with Crippen LogP contribution >= 0.6 is 24.0 Å². The number of ether oxygens (including phenoxy) is 1. The van der Waals surface area contributed by atoms with E-state index in [2.05, 4.69) is 40.0 Å². The molecule has 6 nitrogen and oxygen atoms in total. The van der Waals surface area contributed by atoms with Crippen molar-refractivity contribution < 1.29 is 9.53 Å². The molecule has 2 aromatic rings. The van der Waals surface area contributed by atoms with Crippen LogP contribution < -0.4 is 20.7 Å². The molecule has 3 N–H and O–H groups in total. The molecule has 0 aliphatic rings. The third-order valence-electron chi connectivity index (χ3n) is 4.33. The summed E-state index contributed by atoms with van der Waals surface area (Å²) in [7, 11) is 1.74. The van der Waals surface area contributed by atoms with E-state index < -0.39 is 0 Å². The molecular weight excluding hydrogens is 503 g/mol. The number of rotatable bonds is 7. The summed E-state index contributed by atoms with van der Waals surface area (Å²) in [5, 5.41) is 9.61. The number of aryl methyl sites for hydroxylation is 1. The Morgan fingerprint density at radius 3 is 2.42 bits per heavy atom. The Kier molecular flexibility index (Phi) is 10.8. The lowest BCUT2D eigenvalue weighted by atomic mass is 10.1. The number of carbonyl (C=O) groups excluding carboxylic acids is 1. The van der Waals surface area contributed by atoms with Crippen molar-refractivity contribution in [1.29, 1.82) is 0 Å². The number of carbonyl (C=O) groups is 1. The molecule has 0 fully saturated rings. The van der Waals surface area contributed by atoms with Crippen molar-refractivity contribution in [2.24, 2.45) is 4.99 Å². The number of aliphatic imine (C=N–C) groups is 1. The molecule has 1 amide bonds. The summed E-state index contributed by atoms with van der Waals surface area (Å²) in [5.74, 6) is 1.50. The fourth-order valence-electron chi connectivity index (χ4n) is 2.92. The van der Waals surface area contributed by atoms with Gasteiger partial charge < -0.3 is 20.7 Å². The SMILES string of the molecule is CCOc1cc(C)ccc1CNC(=NC)NCc1cccc(C(=O)NC(C)(C)C)c1.I. The Morgan fingerprint density at radius 1 is 1.06 bits per heavy atom. The van der Waals surface area contributed by atoms with Crippen LogP contribution in [-0.4, -0.2) is 31.1 Å². The van der Waals surface area contributed by atoms with Crippen LogP contribution in [0.4, 0.5) is 0 Å². The van der Waals surface area contributed by atoms with Gasteiger partial charge in [-0.15, -0.1) is 24.0 Å². The second-order valence-corrected chi connectivity index (χ2v) is 8.23. The first-order valence-corrected chi connectivity index (χ1v) is 10.3. The highest BCUT2D eigenvalue weighted by Gasteiger charge is 2.15. The molecule has 0 spiro atoms. The maximum atomic E-state index is 12.4. The molecule has 0 aromatic heterocycles. The number of halogens is 1. The first kappa shape index (κ1) is 26.7. The highest BCUT2D eigenvalue weighted by Crippen LogP contribution is 2.20. The van der Waals surface area contributed by atoms with Crippen molar-refractivity contribution in [2.45, 2.75) is 53.2 Å². The molecule has 2 rings (SSSR count). The number of nitrogens with one attached hydrogen (secondary N) is 3. The highest BCUT2D eigenvalue weighted by atomic mass is 127.